The molecule has 0 bridgehead atoms. The van der Waals surface area contributed by atoms with E-state index in [4.69, 9.17) is 0 Å². The average molecular weight is 493 g/mol. The van der Waals surface area contributed by atoms with Crippen LogP contribution in [0.1, 0.15) is 38.8 Å². The van der Waals surface area contributed by atoms with Crippen LogP contribution in [0.15, 0.2) is 48.5 Å². The Morgan fingerprint density at radius 1 is 0.619 bits per heavy atom. The molecule has 0 saturated carbocycles. The predicted octanol–water partition coefficient (Wildman–Crippen LogP) is -0.786. The van der Waals surface area contributed by atoms with E-state index < -0.39 is 0 Å². The van der Waals surface area contributed by atoms with Gasteiger partial charge in [-0.25, -0.2) is 24.3 Å². The molecule has 0 saturated heterocycles. The molecule has 0 nitrogen and oxygen atoms in total. The van der Waals surface area contributed by atoms with Crippen molar-refractivity contribution in [2.24, 2.45) is 11.8 Å². The van der Waals surface area contributed by atoms with Crippen molar-refractivity contribution in [3.05, 3.63) is 59.7 Å². The van der Waals surface area contributed by atoms with Crippen LogP contribution in [0.5, 0.6) is 0 Å². The fourth-order valence-electron chi connectivity index (χ4n) is 2.04. The summed E-state index contributed by atoms with van der Waals surface area (Å²) in [5.74, 6) is 1.57. The molecule has 0 aromatic heterocycles. The van der Waals surface area contributed by atoms with Crippen LogP contribution in [0, 0.1) is 11.8 Å². The molecule has 0 N–H and O–H groups in total. The molecule has 0 aliphatic heterocycles. The van der Waals surface area contributed by atoms with Gasteiger partial charge in [-0.05, 0) is 0 Å². The second-order valence-corrected chi connectivity index (χ2v) is 5.78. The minimum absolute atomic E-state index is 0. The van der Waals surface area contributed by atoms with Crippen molar-refractivity contribution in [2.75, 3.05) is 0 Å². The Morgan fingerprint density at radius 3 is 1.05 bits per heavy atom. The van der Waals surface area contributed by atoms with E-state index in [1.165, 1.54) is 24.0 Å². The van der Waals surface area contributed by atoms with E-state index in [9.17, 15) is 0 Å². The van der Waals surface area contributed by atoms with Gasteiger partial charge in [-0.2, -0.15) is 35.4 Å². The van der Waals surface area contributed by atoms with Crippen LogP contribution < -0.4 is 34.0 Å². The number of hydrogen-bond donors (Lipinski definition) is 0. The molecule has 0 aliphatic carbocycles. The molecule has 0 unspecified atom stereocenters. The van der Waals surface area contributed by atoms with Gasteiger partial charge >= 0.3 is 26.2 Å². The molecular weight excluding hydrogens is 467 g/mol. The number of rotatable bonds is 4. The zero-order chi connectivity index (χ0) is 13.4. The molecule has 0 amide bonds. The second-order valence-electron chi connectivity index (χ2n) is 5.78. The number of hydrogen-bond acceptors (Lipinski definition) is 0. The summed E-state index contributed by atoms with van der Waals surface area (Å²) in [7, 11) is 0. The summed E-state index contributed by atoms with van der Waals surface area (Å²) in [5, 5.41) is 0. The normalized spacial score (nSPS) is 9.05. The molecule has 2 aromatic carbocycles. The minimum atomic E-state index is 0. The van der Waals surface area contributed by atoms with Crippen molar-refractivity contribution in [1.82, 2.24) is 0 Å². The summed E-state index contributed by atoms with van der Waals surface area (Å²) < 4.78 is 0. The summed E-state index contributed by atoms with van der Waals surface area (Å²) in [6.07, 6.45) is 2.43. The van der Waals surface area contributed by atoms with Crippen molar-refractivity contribution in [3.8, 4) is 0 Å². The predicted molar refractivity (Wildman–Crippen MR) is 81.2 cm³/mol. The van der Waals surface area contributed by atoms with Crippen LogP contribution in [0.3, 0.4) is 0 Å². The summed E-state index contributed by atoms with van der Waals surface area (Å²) in [6, 6.07) is 17.1. The smallest absolute Gasteiger partial charge is 1.00 e. The van der Waals surface area contributed by atoms with E-state index in [2.05, 4.69) is 76.2 Å². The summed E-state index contributed by atoms with van der Waals surface area (Å²) in [5.41, 5.74) is 2.93. The first-order chi connectivity index (χ1) is 8.58. The standard InChI is InChI=1S/2C9H13.2BrH.Zr/c2*1-8(2)7-9-5-3-4-6-9;;;/h2*3-6,8H,7H2,1-2H3;2*1H;/q2*-1;;;+4/p-2. The molecule has 0 aliphatic rings. The largest absolute Gasteiger partial charge is 4.00 e. The Balaban J connectivity index is -0.000000270. The molecule has 2 rings (SSSR count). The Labute approximate surface area is 171 Å². The van der Waals surface area contributed by atoms with Crippen molar-refractivity contribution in [1.29, 1.82) is 0 Å². The Morgan fingerprint density at radius 2 is 0.857 bits per heavy atom. The molecule has 0 spiro atoms. The van der Waals surface area contributed by atoms with Crippen molar-refractivity contribution in [2.45, 2.75) is 40.5 Å². The van der Waals surface area contributed by atoms with Gasteiger partial charge in [0.1, 0.15) is 0 Å². The first-order valence-corrected chi connectivity index (χ1v) is 6.99. The zero-order valence-electron chi connectivity index (χ0n) is 13.4. The van der Waals surface area contributed by atoms with Gasteiger partial charge < -0.3 is 34.0 Å². The zero-order valence-corrected chi connectivity index (χ0v) is 19.1. The molecular formula is C18H26Br2Zr. The van der Waals surface area contributed by atoms with Gasteiger partial charge in [0.15, 0.2) is 0 Å². The third-order valence-electron chi connectivity index (χ3n) is 2.75. The van der Waals surface area contributed by atoms with Gasteiger partial charge in [-0.15, -0.1) is 0 Å². The maximum atomic E-state index is 2.24. The third kappa shape index (κ3) is 13.9. The van der Waals surface area contributed by atoms with Gasteiger partial charge in [-0.3, -0.25) is 0 Å². The second kappa shape index (κ2) is 15.4. The van der Waals surface area contributed by atoms with Crippen molar-refractivity contribution >= 4 is 0 Å². The molecule has 21 heavy (non-hydrogen) atoms. The SMILES string of the molecule is CC(C)C[c-]1cccc1.CC(C)C[c-]1cccc1.[Br-].[Br-].[Zr+4]. The van der Waals surface area contributed by atoms with Crippen LogP contribution in [0.4, 0.5) is 0 Å². The number of halogens is 2. The van der Waals surface area contributed by atoms with Crippen LogP contribution in [0.25, 0.3) is 0 Å². The topological polar surface area (TPSA) is 0 Å². The van der Waals surface area contributed by atoms with Gasteiger partial charge in [-0.1, -0.05) is 52.4 Å². The van der Waals surface area contributed by atoms with Crippen LogP contribution in [-0.2, 0) is 39.0 Å². The molecule has 0 heterocycles. The van der Waals surface area contributed by atoms with Gasteiger partial charge in [0.25, 0.3) is 0 Å². The van der Waals surface area contributed by atoms with Crippen molar-refractivity contribution < 1.29 is 60.2 Å². The molecule has 0 radical (unpaired) electrons. The van der Waals surface area contributed by atoms with E-state index in [-0.39, 0.29) is 60.2 Å². The third-order valence-corrected chi connectivity index (χ3v) is 2.75. The summed E-state index contributed by atoms with van der Waals surface area (Å²) in [6.45, 7) is 8.97. The molecule has 3 heteroatoms. The van der Waals surface area contributed by atoms with Gasteiger partial charge in [0, 0.05) is 0 Å². The van der Waals surface area contributed by atoms with E-state index in [0.717, 1.165) is 11.8 Å². The Hall–Kier alpha value is 0.543. The molecule has 0 atom stereocenters. The maximum Gasteiger partial charge on any atom is 4.00 e. The first kappa shape index (κ1) is 26.4. The van der Waals surface area contributed by atoms with Crippen molar-refractivity contribution in [3.63, 3.8) is 0 Å². The Kier molecular flexibility index (Phi) is 19.4. The Bertz CT molecular complexity index is 349. The van der Waals surface area contributed by atoms with Crippen LogP contribution in [0.2, 0.25) is 0 Å². The molecule has 0 fully saturated rings. The fraction of sp³-hybridized carbons (Fsp3) is 0.444. The monoisotopic (exact) mass is 490 g/mol. The van der Waals surface area contributed by atoms with Gasteiger partial charge in [0.05, 0.1) is 0 Å². The average Bonchev–Trinajstić information content (AvgIpc) is 2.90. The van der Waals surface area contributed by atoms with E-state index >= 15 is 0 Å². The fourth-order valence-corrected chi connectivity index (χ4v) is 2.04. The minimum Gasteiger partial charge on any atom is -1.00 e. The van der Waals surface area contributed by atoms with Crippen LogP contribution >= 0.6 is 0 Å². The van der Waals surface area contributed by atoms with Gasteiger partial charge in [0.2, 0.25) is 0 Å². The molecule has 2 aromatic rings. The first-order valence-electron chi connectivity index (χ1n) is 6.99. The molecule has 116 valence electrons. The quantitative estimate of drug-likeness (QED) is 0.491. The van der Waals surface area contributed by atoms with Crippen LogP contribution in [-0.4, -0.2) is 0 Å². The maximum absolute atomic E-state index is 2.24. The van der Waals surface area contributed by atoms with E-state index in [1.54, 1.807) is 0 Å². The summed E-state index contributed by atoms with van der Waals surface area (Å²) in [4.78, 5) is 0. The van der Waals surface area contributed by atoms with E-state index in [0.29, 0.717) is 0 Å². The van der Waals surface area contributed by atoms with E-state index in [1.807, 2.05) is 0 Å². The summed E-state index contributed by atoms with van der Waals surface area (Å²) >= 11 is 0.